The molecule has 1 aromatic heterocycles. The molecule has 0 spiro atoms. The van der Waals surface area contributed by atoms with Crippen LogP contribution in [-0.4, -0.2) is 21.8 Å². The molecule has 1 heterocycles. The molecule has 76 valence electrons. The molecule has 0 aliphatic carbocycles. The van der Waals surface area contributed by atoms with Crippen molar-refractivity contribution in [2.45, 2.75) is 19.1 Å². The first kappa shape index (κ1) is 11.0. The third-order valence-electron chi connectivity index (χ3n) is 1.66. The molecule has 0 aliphatic rings. The van der Waals surface area contributed by atoms with Crippen LogP contribution in [0.1, 0.15) is 17.8 Å². The molecule has 0 atom stereocenters. The standard InChI is InChI=1S/C10H13NO2S/c1-8-3-2-4-9(11-8)7-14-6-5-10(12)13/h2-4H,5-7H2,1H3,(H,12,13). The van der Waals surface area contributed by atoms with Crippen LogP contribution in [0.4, 0.5) is 0 Å². The van der Waals surface area contributed by atoms with E-state index in [2.05, 4.69) is 4.98 Å². The van der Waals surface area contributed by atoms with Crippen molar-refractivity contribution in [1.29, 1.82) is 0 Å². The Hall–Kier alpha value is -1.03. The van der Waals surface area contributed by atoms with Crippen molar-refractivity contribution in [3.8, 4) is 0 Å². The SMILES string of the molecule is Cc1cccc(CSCCC(=O)O)n1. The fourth-order valence-corrected chi connectivity index (χ4v) is 1.85. The third kappa shape index (κ3) is 4.28. The second-order valence-corrected chi connectivity index (χ2v) is 4.07. The van der Waals surface area contributed by atoms with Gasteiger partial charge in [0.05, 0.1) is 12.1 Å². The van der Waals surface area contributed by atoms with Crippen molar-refractivity contribution in [3.05, 3.63) is 29.6 Å². The Morgan fingerprint density at radius 3 is 3.00 bits per heavy atom. The van der Waals surface area contributed by atoms with Crippen LogP contribution in [0.3, 0.4) is 0 Å². The predicted octanol–water partition coefficient (Wildman–Crippen LogP) is 2.10. The second-order valence-electron chi connectivity index (χ2n) is 2.97. The van der Waals surface area contributed by atoms with E-state index in [1.54, 1.807) is 11.8 Å². The number of thioether (sulfide) groups is 1. The van der Waals surface area contributed by atoms with Crippen LogP contribution < -0.4 is 0 Å². The number of hydrogen-bond donors (Lipinski definition) is 1. The van der Waals surface area contributed by atoms with Crippen molar-refractivity contribution in [3.63, 3.8) is 0 Å². The van der Waals surface area contributed by atoms with Crippen LogP contribution in [0.5, 0.6) is 0 Å². The smallest absolute Gasteiger partial charge is 0.304 e. The quantitative estimate of drug-likeness (QED) is 0.758. The molecule has 0 amide bonds. The maximum atomic E-state index is 10.2. The molecule has 14 heavy (non-hydrogen) atoms. The molecule has 0 bridgehead atoms. The summed E-state index contributed by atoms with van der Waals surface area (Å²) < 4.78 is 0. The number of aliphatic carboxylic acids is 1. The molecule has 3 nitrogen and oxygen atoms in total. The Kier molecular flexibility index (Phi) is 4.46. The largest absolute Gasteiger partial charge is 0.481 e. The summed E-state index contributed by atoms with van der Waals surface area (Å²) in [5.74, 6) is 0.689. The van der Waals surface area contributed by atoms with E-state index in [1.165, 1.54) is 0 Å². The fraction of sp³-hybridized carbons (Fsp3) is 0.400. The molecule has 0 radical (unpaired) electrons. The molecule has 0 saturated heterocycles. The van der Waals surface area contributed by atoms with Gasteiger partial charge in [0, 0.05) is 17.2 Å². The molecule has 0 aliphatic heterocycles. The number of carboxylic acid groups (broad SMARTS) is 1. The maximum absolute atomic E-state index is 10.2. The number of carbonyl (C=O) groups is 1. The zero-order valence-electron chi connectivity index (χ0n) is 8.06. The minimum absolute atomic E-state index is 0.219. The lowest BCUT2D eigenvalue weighted by molar-refractivity contribution is -0.136. The van der Waals surface area contributed by atoms with E-state index >= 15 is 0 Å². The Bertz CT molecular complexity index is 315. The predicted molar refractivity (Wildman–Crippen MR) is 57.4 cm³/mol. The topological polar surface area (TPSA) is 50.2 Å². The number of pyridine rings is 1. The van der Waals surface area contributed by atoms with Gasteiger partial charge in [-0.05, 0) is 19.1 Å². The van der Waals surface area contributed by atoms with E-state index in [9.17, 15) is 4.79 Å². The molecule has 0 saturated carbocycles. The summed E-state index contributed by atoms with van der Waals surface area (Å²) in [4.78, 5) is 14.6. The number of carboxylic acids is 1. The van der Waals surface area contributed by atoms with Crippen LogP contribution >= 0.6 is 11.8 Å². The van der Waals surface area contributed by atoms with Crippen molar-refractivity contribution >= 4 is 17.7 Å². The van der Waals surface area contributed by atoms with Gasteiger partial charge in [-0.3, -0.25) is 9.78 Å². The van der Waals surface area contributed by atoms with E-state index < -0.39 is 5.97 Å². The monoisotopic (exact) mass is 211 g/mol. The zero-order chi connectivity index (χ0) is 10.4. The maximum Gasteiger partial charge on any atom is 0.304 e. The van der Waals surface area contributed by atoms with Gasteiger partial charge in [-0.25, -0.2) is 0 Å². The Morgan fingerprint density at radius 2 is 2.36 bits per heavy atom. The van der Waals surface area contributed by atoms with Gasteiger partial charge in [0.15, 0.2) is 0 Å². The van der Waals surface area contributed by atoms with Crippen molar-refractivity contribution in [2.24, 2.45) is 0 Å². The molecule has 1 rings (SSSR count). The first-order chi connectivity index (χ1) is 6.68. The minimum atomic E-state index is -0.741. The highest BCUT2D eigenvalue weighted by molar-refractivity contribution is 7.98. The number of aryl methyl sites for hydroxylation is 1. The van der Waals surface area contributed by atoms with Gasteiger partial charge in [-0.2, -0.15) is 11.8 Å². The molecule has 0 unspecified atom stereocenters. The number of aromatic nitrogens is 1. The van der Waals surface area contributed by atoms with Gasteiger partial charge in [-0.1, -0.05) is 6.07 Å². The summed E-state index contributed by atoms with van der Waals surface area (Å²) in [6.45, 7) is 1.95. The van der Waals surface area contributed by atoms with E-state index in [0.717, 1.165) is 17.1 Å². The zero-order valence-corrected chi connectivity index (χ0v) is 8.88. The molecular weight excluding hydrogens is 198 g/mol. The highest BCUT2D eigenvalue weighted by atomic mass is 32.2. The van der Waals surface area contributed by atoms with E-state index in [0.29, 0.717) is 5.75 Å². The van der Waals surface area contributed by atoms with Gasteiger partial charge in [0.2, 0.25) is 0 Å². The Morgan fingerprint density at radius 1 is 1.57 bits per heavy atom. The van der Waals surface area contributed by atoms with Gasteiger partial charge < -0.3 is 5.11 Å². The summed E-state index contributed by atoms with van der Waals surface area (Å²) in [5.41, 5.74) is 2.02. The van der Waals surface area contributed by atoms with Crippen LogP contribution in [0.15, 0.2) is 18.2 Å². The van der Waals surface area contributed by atoms with Crippen LogP contribution in [0.2, 0.25) is 0 Å². The van der Waals surface area contributed by atoms with Gasteiger partial charge >= 0.3 is 5.97 Å². The van der Waals surface area contributed by atoms with E-state index in [-0.39, 0.29) is 6.42 Å². The average Bonchev–Trinajstić information content (AvgIpc) is 2.12. The summed E-state index contributed by atoms with van der Waals surface area (Å²) in [6.07, 6.45) is 0.219. The van der Waals surface area contributed by atoms with Crippen molar-refractivity contribution in [2.75, 3.05) is 5.75 Å². The summed E-state index contributed by atoms with van der Waals surface area (Å²) >= 11 is 1.60. The van der Waals surface area contributed by atoms with Crippen LogP contribution in [0.25, 0.3) is 0 Å². The van der Waals surface area contributed by atoms with Gasteiger partial charge in [0.25, 0.3) is 0 Å². The molecule has 1 N–H and O–H groups in total. The molecule has 0 aromatic carbocycles. The fourth-order valence-electron chi connectivity index (χ4n) is 1.02. The summed E-state index contributed by atoms with van der Waals surface area (Å²) in [6, 6.07) is 5.88. The van der Waals surface area contributed by atoms with Crippen molar-refractivity contribution in [1.82, 2.24) is 4.98 Å². The first-order valence-corrected chi connectivity index (χ1v) is 5.56. The minimum Gasteiger partial charge on any atom is -0.481 e. The van der Waals surface area contributed by atoms with Gasteiger partial charge in [0.1, 0.15) is 0 Å². The highest BCUT2D eigenvalue weighted by Gasteiger charge is 1.98. The third-order valence-corrected chi connectivity index (χ3v) is 2.65. The van der Waals surface area contributed by atoms with Crippen molar-refractivity contribution < 1.29 is 9.90 Å². The van der Waals surface area contributed by atoms with Crippen LogP contribution in [-0.2, 0) is 10.5 Å². The highest BCUT2D eigenvalue weighted by Crippen LogP contribution is 2.11. The van der Waals surface area contributed by atoms with Gasteiger partial charge in [-0.15, -0.1) is 0 Å². The number of nitrogens with zero attached hydrogens (tertiary/aromatic N) is 1. The van der Waals surface area contributed by atoms with Crippen LogP contribution in [0, 0.1) is 6.92 Å². The first-order valence-electron chi connectivity index (χ1n) is 4.40. The Labute approximate surface area is 87.6 Å². The lowest BCUT2D eigenvalue weighted by Crippen LogP contribution is -1.97. The second kappa shape index (κ2) is 5.65. The number of hydrogen-bond acceptors (Lipinski definition) is 3. The normalized spacial score (nSPS) is 10.1. The Balaban J connectivity index is 2.28. The average molecular weight is 211 g/mol. The molecular formula is C10H13NO2S. The summed E-state index contributed by atoms with van der Waals surface area (Å²) in [5, 5.41) is 8.43. The molecule has 1 aromatic rings. The molecule has 0 fully saturated rings. The number of rotatable bonds is 5. The molecule has 4 heteroatoms. The van der Waals surface area contributed by atoms with E-state index in [4.69, 9.17) is 5.11 Å². The van der Waals surface area contributed by atoms with E-state index in [1.807, 2.05) is 25.1 Å². The lowest BCUT2D eigenvalue weighted by Gasteiger charge is -2.00. The lowest BCUT2D eigenvalue weighted by atomic mass is 10.3. The summed E-state index contributed by atoms with van der Waals surface area (Å²) in [7, 11) is 0.